The molecule has 0 aromatic rings. The Balaban J connectivity index is 3.91. The maximum absolute atomic E-state index is 12.0. The SMILES string of the molecule is O=S(=O)(O)CCCCCC(Cl)CS(F)(F)(F)(F)F. The quantitative estimate of drug-likeness (QED) is 0.309. The van der Waals surface area contributed by atoms with Crippen molar-refractivity contribution < 1.29 is 32.4 Å². The molecule has 0 saturated carbocycles. The molecule has 1 atom stereocenters. The largest absolute Gasteiger partial charge is 0.287 e. The summed E-state index contributed by atoms with van der Waals surface area (Å²) in [5.41, 5.74) is 0. The molecule has 18 heavy (non-hydrogen) atoms. The van der Waals surface area contributed by atoms with E-state index in [0.29, 0.717) is 0 Å². The maximum atomic E-state index is 12.0. The third-order valence-electron chi connectivity index (χ3n) is 1.92. The molecule has 114 valence electrons. The minimum Gasteiger partial charge on any atom is -0.286 e. The molecule has 1 N–H and O–H groups in total. The van der Waals surface area contributed by atoms with Crippen molar-refractivity contribution in [1.29, 1.82) is 0 Å². The van der Waals surface area contributed by atoms with Crippen molar-refractivity contribution in [2.45, 2.75) is 31.1 Å². The van der Waals surface area contributed by atoms with Gasteiger partial charge < -0.3 is 0 Å². The van der Waals surface area contributed by atoms with E-state index in [1.54, 1.807) is 0 Å². The van der Waals surface area contributed by atoms with Gasteiger partial charge in [-0.2, -0.15) is 8.42 Å². The molecule has 3 nitrogen and oxygen atoms in total. The van der Waals surface area contributed by atoms with E-state index in [2.05, 4.69) is 0 Å². The average Bonchev–Trinajstić information content (AvgIpc) is 1.94. The van der Waals surface area contributed by atoms with E-state index in [1.807, 2.05) is 0 Å². The third-order valence-corrected chi connectivity index (χ3v) is 4.31. The fourth-order valence-corrected chi connectivity index (χ4v) is 3.54. The molecule has 0 fully saturated rings. The van der Waals surface area contributed by atoms with Crippen LogP contribution in [0.15, 0.2) is 0 Å². The number of hydrogen-bond acceptors (Lipinski definition) is 2. The number of hydrogen-bond donors (Lipinski definition) is 1. The Morgan fingerprint density at radius 3 is 1.94 bits per heavy atom. The number of alkyl halides is 1. The van der Waals surface area contributed by atoms with E-state index in [-0.39, 0.29) is 25.7 Å². The summed E-state index contributed by atoms with van der Waals surface area (Å²) in [5, 5.41) is -1.73. The number of halogens is 6. The molecule has 0 aliphatic rings. The predicted octanol–water partition coefficient (Wildman–Crippen LogP) is 4.34. The van der Waals surface area contributed by atoms with Gasteiger partial charge in [-0.3, -0.25) is 4.55 Å². The van der Waals surface area contributed by atoms with Crippen LogP contribution < -0.4 is 0 Å². The standard InChI is InChI=1S/C7H14ClF5O3S2/c8-7(6-18(9,10,11,12)13)4-2-1-3-5-17(14,15)16/h7H,1-6H2,(H,14,15,16). The zero-order chi connectivity index (χ0) is 14.7. The molecular formula is C7H14ClF5O3S2. The summed E-state index contributed by atoms with van der Waals surface area (Å²) in [4.78, 5) is 0. The van der Waals surface area contributed by atoms with Gasteiger partial charge in [0.25, 0.3) is 20.3 Å². The van der Waals surface area contributed by atoms with Gasteiger partial charge in [-0.15, -0.1) is 11.6 Å². The van der Waals surface area contributed by atoms with Crippen LogP contribution in [0.25, 0.3) is 0 Å². The third kappa shape index (κ3) is 14.3. The highest BCUT2D eigenvalue weighted by Crippen LogP contribution is 2.98. The summed E-state index contributed by atoms with van der Waals surface area (Å²) < 4.78 is 88.9. The lowest BCUT2D eigenvalue weighted by molar-refractivity contribution is 0.361. The van der Waals surface area contributed by atoms with Crippen LogP contribution in [-0.2, 0) is 10.1 Å². The van der Waals surface area contributed by atoms with Crippen LogP contribution in [-0.4, -0.2) is 29.9 Å². The van der Waals surface area contributed by atoms with E-state index in [9.17, 15) is 27.8 Å². The monoisotopic (exact) mass is 340 g/mol. The Morgan fingerprint density at radius 1 is 1.06 bits per heavy atom. The Hall–Kier alpha value is 0.200. The van der Waals surface area contributed by atoms with Crippen molar-refractivity contribution in [2.75, 3.05) is 11.5 Å². The van der Waals surface area contributed by atoms with E-state index >= 15 is 0 Å². The van der Waals surface area contributed by atoms with Crippen LogP contribution in [0.4, 0.5) is 19.4 Å². The van der Waals surface area contributed by atoms with Crippen LogP contribution in [0, 0.1) is 0 Å². The molecule has 0 spiro atoms. The molecule has 0 radical (unpaired) electrons. The smallest absolute Gasteiger partial charge is 0.286 e. The minimum atomic E-state index is -9.48. The summed E-state index contributed by atoms with van der Waals surface area (Å²) in [6.45, 7) is 0. The predicted molar refractivity (Wildman–Crippen MR) is 62.5 cm³/mol. The first-order valence-corrected chi connectivity index (χ1v) is 9.07. The van der Waals surface area contributed by atoms with Gasteiger partial charge >= 0.3 is 0 Å². The summed E-state index contributed by atoms with van der Waals surface area (Å²) in [6.07, 6.45) is 0.0122. The lowest BCUT2D eigenvalue weighted by Crippen LogP contribution is -2.20. The molecule has 0 rings (SSSR count). The Kier molecular flexibility index (Phi) is 5.00. The van der Waals surface area contributed by atoms with Crippen LogP contribution in [0.5, 0.6) is 0 Å². The van der Waals surface area contributed by atoms with Crippen molar-refractivity contribution in [3.8, 4) is 0 Å². The molecule has 0 aliphatic heterocycles. The molecule has 1 unspecified atom stereocenters. The average molecular weight is 341 g/mol. The van der Waals surface area contributed by atoms with E-state index in [4.69, 9.17) is 16.2 Å². The first kappa shape index (κ1) is 18.2. The van der Waals surface area contributed by atoms with E-state index < -0.39 is 37.2 Å². The summed E-state index contributed by atoms with van der Waals surface area (Å²) >= 11 is 5.18. The molecule has 0 amide bonds. The fraction of sp³-hybridized carbons (Fsp3) is 1.00. The number of unbranched alkanes of at least 4 members (excludes halogenated alkanes) is 2. The second-order valence-corrected chi connectivity index (χ2v) is 8.81. The Bertz CT molecular complexity index is 378. The Morgan fingerprint density at radius 2 is 1.56 bits per heavy atom. The van der Waals surface area contributed by atoms with Crippen LogP contribution in [0.3, 0.4) is 0 Å². The minimum absolute atomic E-state index is 0.0405. The fourth-order valence-electron chi connectivity index (χ4n) is 1.25. The maximum Gasteiger partial charge on any atom is 0.287 e. The van der Waals surface area contributed by atoms with Crippen LogP contribution in [0.1, 0.15) is 25.7 Å². The number of rotatable bonds is 8. The van der Waals surface area contributed by atoms with Crippen LogP contribution in [0.2, 0.25) is 0 Å². The molecule has 0 saturated heterocycles. The van der Waals surface area contributed by atoms with Gasteiger partial charge in [0.2, 0.25) is 0 Å². The highest BCUT2D eigenvalue weighted by atomic mass is 35.5. The molecular weight excluding hydrogens is 327 g/mol. The van der Waals surface area contributed by atoms with Gasteiger partial charge in [0, 0.05) is 0 Å². The highest BCUT2D eigenvalue weighted by molar-refractivity contribution is 8.45. The van der Waals surface area contributed by atoms with Crippen molar-refractivity contribution >= 4 is 31.9 Å². The lowest BCUT2D eigenvalue weighted by atomic mass is 10.2. The van der Waals surface area contributed by atoms with Gasteiger partial charge in [-0.05, 0) is 12.8 Å². The summed E-state index contributed by atoms with van der Waals surface area (Å²) in [6, 6.07) is 0. The van der Waals surface area contributed by atoms with E-state index in [1.165, 1.54) is 0 Å². The summed E-state index contributed by atoms with van der Waals surface area (Å²) in [5.74, 6) is -2.83. The van der Waals surface area contributed by atoms with Gasteiger partial charge in [0.1, 0.15) is 5.75 Å². The molecule has 0 aromatic carbocycles. The molecule has 0 heterocycles. The van der Waals surface area contributed by atoms with Crippen molar-refractivity contribution in [2.24, 2.45) is 0 Å². The first-order chi connectivity index (χ1) is 7.58. The first-order valence-electron chi connectivity index (χ1n) is 4.90. The molecule has 0 aliphatic carbocycles. The highest BCUT2D eigenvalue weighted by Gasteiger charge is 2.63. The van der Waals surface area contributed by atoms with Gasteiger partial charge in [0.05, 0.1) is 11.1 Å². The lowest BCUT2D eigenvalue weighted by Gasteiger charge is -2.41. The van der Waals surface area contributed by atoms with Crippen molar-refractivity contribution in [1.82, 2.24) is 0 Å². The normalized spacial score (nSPS) is 19.1. The van der Waals surface area contributed by atoms with Crippen molar-refractivity contribution in [3.05, 3.63) is 0 Å². The van der Waals surface area contributed by atoms with Gasteiger partial charge in [-0.1, -0.05) is 32.3 Å². The molecule has 0 bridgehead atoms. The topological polar surface area (TPSA) is 54.4 Å². The zero-order valence-corrected chi connectivity index (χ0v) is 11.6. The zero-order valence-electron chi connectivity index (χ0n) is 9.17. The Labute approximate surface area is 107 Å². The van der Waals surface area contributed by atoms with Gasteiger partial charge in [-0.25, -0.2) is 0 Å². The summed E-state index contributed by atoms with van der Waals surface area (Å²) in [7, 11) is -13.6. The van der Waals surface area contributed by atoms with Gasteiger partial charge in [0.15, 0.2) is 0 Å². The molecule has 11 heteroatoms. The second-order valence-electron chi connectivity index (χ2n) is 4.03. The van der Waals surface area contributed by atoms with Crippen molar-refractivity contribution in [3.63, 3.8) is 0 Å². The molecule has 0 aromatic heterocycles. The second kappa shape index (κ2) is 4.95. The van der Waals surface area contributed by atoms with E-state index in [0.717, 1.165) is 0 Å². The van der Waals surface area contributed by atoms with Crippen LogP contribution >= 0.6 is 21.8 Å².